The number of nitrogens with two attached hydrogens (primary N) is 1. The van der Waals surface area contributed by atoms with Gasteiger partial charge in [0, 0.05) is 26.2 Å². The molecule has 2 rings (SSSR count). The molecule has 8 nitrogen and oxygen atoms in total. The lowest BCUT2D eigenvalue weighted by molar-refractivity contribution is 0.0186. The van der Waals surface area contributed by atoms with Crippen molar-refractivity contribution in [1.82, 2.24) is 9.80 Å². The zero-order valence-corrected chi connectivity index (χ0v) is 16.8. The molecule has 150 valence electrons. The third-order valence-corrected chi connectivity index (χ3v) is 4.13. The molecule has 0 spiro atoms. The van der Waals surface area contributed by atoms with Crippen molar-refractivity contribution in [1.29, 1.82) is 0 Å². The van der Waals surface area contributed by atoms with E-state index in [1.165, 1.54) is 0 Å². The van der Waals surface area contributed by atoms with Crippen molar-refractivity contribution in [3.8, 4) is 11.5 Å². The van der Waals surface area contributed by atoms with Crippen molar-refractivity contribution in [2.75, 3.05) is 40.4 Å². The van der Waals surface area contributed by atoms with Crippen molar-refractivity contribution in [3.05, 3.63) is 23.8 Å². The van der Waals surface area contributed by atoms with Gasteiger partial charge in [0.25, 0.3) is 0 Å². The van der Waals surface area contributed by atoms with Gasteiger partial charge in [-0.05, 0) is 38.5 Å². The van der Waals surface area contributed by atoms with Crippen molar-refractivity contribution in [2.24, 2.45) is 10.7 Å². The summed E-state index contributed by atoms with van der Waals surface area (Å²) in [5.74, 6) is 1.81. The maximum Gasteiger partial charge on any atom is 0.410 e. The lowest BCUT2D eigenvalue weighted by Gasteiger charge is -2.36. The number of benzene rings is 1. The van der Waals surface area contributed by atoms with Gasteiger partial charge in [-0.3, -0.25) is 0 Å². The number of carbonyl (C=O) groups is 1. The van der Waals surface area contributed by atoms with Gasteiger partial charge in [-0.1, -0.05) is 6.07 Å². The van der Waals surface area contributed by atoms with E-state index in [-0.39, 0.29) is 6.09 Å². The first-order valence-electron chi connectivity index (χ1n) is 8.97. The molecule has 0 unspecified atom stereocenters. The molecule has 2 N–H and O–H groups in total. The van der Waals surface area contributed by atoms with Gasteiger partial charge in [0.1, 0.15) is 5.60 Å². The van der Waals surface area contributed by atoms with Gasteiger partial charge in [0.2, 0.25) is 0 Å². The molecule has 1 fully saturated rings. The van der Waals surface area contributed by atoms with Gasteiger partial charge in [0.15, 0.2) is 17.5 Å². The molecule has 0 radical (unpaired) electrons. The first-order valence-corrected chi connectivity index (χ1v) is 8.97. The molecule has 1 saturated heterocycles. The molecule has 27 heavy (non-hydrogen) atoms. The fourth-order valence-corrected chi connectivity index (χ4v) is 2.70. The fraction of sp³-hybridized carbons (Fsp3) is 0.579. The predicted octanol–water partition coefficient (Wildman–Crippen LogP) is 2.07. The number of nitrogens with zero attached hydrogens (tertiary/aromatic N) is 3. The van der Waals surface area contributed by atoms with E-state index < -0.39 is 5.60 Å². The number of amides is 1. The van der Waals surface area contributed by atoms with E-state index in [1.807, 2.05) is 43.9 Å². The third kappa shape index (κ3) is 5.94. The van der Waals surface area contributed by atoms with E-state index in [9.17, 15) is 4.79 Å². The number of guanidine groups is 1. The maximum atomic E-state index is 12.1. The molecule has 0 saturated carbocycles. The van der Waals surface area contributed by atoms with Crippen LogP contribution in [0.25, 0.3) is 0 Å². The van der Waals surface area contributed by atoms with Crippen molar-refractivity contribution in [3.63, 3.8) is 0 Å². The Morgan fingerprint density at radius 2 is 1.67 bits per heavy atom. The Morgan fingerprint density at radius 3 is 2.22 bits per heavy atom. The van der Waals surface area contributed by atoms with Crippen LogP contribution >= 0.6 is 0 Å². The summed E-state index contributed by atoms with van der Waals surface area (Å²) in [4.78, 5) is 20.3. The van der Waals surface area contributed by atoms with E-state index in [0.717, 1.165) is 5.56 Å². The topological polar surface area (TPSA) is 89.6 Å². The molecule has 0 bridgehead atoms. The number of carbonyl (C=O) groups excluding carboxylic acids is 1. The zero-order chi connectivity index (χ0) is 20.0. The van der Waals surface area contributed by atoms with Crippen LogP contribution in [-0.2, 0) is 11.3 Å². The standard InChI is InChI=1S/C19H30N4O4/c1-19(2,3)27-18(24)23-10-8-22(9-11-23)17(20)21-13-14-6-7-15(25-4)16(12-14)26-5/h6-7,12H,8-11,13H2,1-5H3,(H2,20,21). The molecule has 0 atom stereocenters. The van der Waals surface area contributed by atoms with Crippen LogP contribution < -0.4 is 15.2 Å². The molecule has 0 aromatic heterocycles. The first-order chi connectivity index (χ1) is 12.7. The van der Waals surface area contributed by atoms with Gasteiger partial charge in [-0.15, -0.1) is 0 Å². The number of hydrogen-bond acceptors (Lipinski definition) is 5. The molecule has 1 aliphatic heterocycles. The maximum absolute atomic E-state index is 12.1. The Kier molecular flexibility index (Phi) is 6.76. The second-order valence-corrected chi connectivity index (χ2v) is 7.32. The zero-order valence-electron chi connectivity index (χ0n) is 16.8. The van der Waals surface area contributed by atoms with E-state index in [0.29, 0.717) is 50.2 Å². The minimum absolute atomic E-state index is 0.289. The molecule has 1 amide bonds. The van der Waals surface area contributed by atoms with Crippen LogP contribution in [0.3, 0.4) is 0 Å². The summed E-state index contributed by atoms with van der Waals surface area (Å²) in [6.45, 7) is 8.39. The van der Waals surface area contributed by atoms with Gasteiger partial charge in [-0.2, -0.15) is 0 Å². The van der Waals surface area contributed by atoms with Crippen LogP contribution in [-0.4, -0.2) is 67.9 Å². The normalized spacial score (nSPS) is 15.5. The van der Waals surface area contributed by atoms with Gasteiger partial charge < -0.3 is 29.7 Å². The van der Waals surface area contributed by atoms with Crippen LogP contribution in [0.15, 0.2) is 23.2 Å². The average molecular weight is 378 g/mol. The Labute approximate surface area is 160 Å². The highest BCUT2D eigenvalue weighted by molar-refractivity contribution is 5.78. The number of hydrogen-bond donors (Lipinski definition) is 1. The monoisotopic (exact) mass is 378 g/mol. The van der Waals surface area contributed by atoms with E-state index in [4.69, 9.17) is 19.9 Å². The molecule has 8 heteroatoms. The molecular formula is C19H30N4O4. The number of rotatable bonds is 4. The summed E-state index contributed by atoms with van der Waals surface area (Å²) in [7, 11) is 3.20. The minimum Gasteiger partial charge on any atom is -0.493 e. The van der Waals surface area contributed by atoms with Crippen LogP contribution in [0.2, 0.25) is 0 Å². The minimum atomic E-state index is -0.492. The summed E-state index contributed by atoms with van der Waals surface area (Å²) < 4.78 is 15.9. The van der Waals surface area contributed by atoms with E-state index in [2.05, 4.69) is 4.99 Å². The Balaban J connectivity index is 1.90. The van der Waals surface area contributed by atoms with Crippen LogP contribution in [0, 0.1) is 0 Å². The predicted molar refractivity (Wildman–Crippen MR) is 104 cm³/mol. The molecule has 1 heterocycles. The SMILES string of the molecule is COc1ccc(CN=C(N)N2CCN(C(=O)OC(C)(C)C)CC2)cc1OC. The van der Waals surface area contributed by atoms with Gasteiger partial charge >= 0.3 is 6.09 Å². The number of piperazine rings is 1. The lowest BCUT2D eigenvalue weighted by Crippen LogP contribution is -2.53. The van der Waals surface area contributed by atoms with Crippen LogP contribution in [0.1, 0.15) is 26.3 Å². The summed E-state index contributed by atoms with van der Waals surface area (Å²) in [5, 5.41) is 0. The van der Waals surface area contributed by atoms with Crippen LogP contribution in [0.4, 0.5) is 4.79 Å². The summed E-state index contributed by atoms with van der Waals surface area (Å²) in [6, 6.07) is 5.66. The number of methoxy groups -OCH3 is 2. The first kappa shape index (κ1) is 20.7. The molecule has 1 aromatic rings. The van der Waals surface area contributed by atoms with Gasteiger partial charge in [-0.25, -0.2) is 9.79 Å². The number of aliphatic imine (C=N–C) groups is 1. The highest BCUT2D eigenvalue weighted by Crippen LogP contribution is 2.27. The molecule has 1 aromatic carbocycles. The van der Waals surface area contributed by atoms with Crippen molar-refractivity contribution >= 4 is 12.1 Å². The van der Waals surface area contributed by atoms with Gasteiger partial charge in [0.05, 0.1) is 20.8 Å². The van der Waals surface area contributed by atoms with E-state index in [1.54, 1.807) is 19.1 Å². The molecule has 1 aliphatic rings. The Bertz CT molecular complexity index is 677. The highest BCUT2D eigenvalue weighted by Gasteiger charge is 2.26. The summed E-state index contributed by atoms with van der Waals surface area (Å²) in [5.41, 5.74) is 6.61. The van der Waals surface area contributed by atoms with Crippen molar-refractivity contribution < 1.29 is 19.0 Å². The van der Waals surface area contributed by atoms with E-state index >= 15 is 0 Å². The molecular weight excluding hydrogens is 348 g/mol. The van der Waals surface area contributed by atoms with Crippen molar-refractivity contribution in [2.45, 2.75) is 32.9 Å². The Hall–Kier alpha value is -2.64. The fourth-order valence-electron chi connectivity index (χ4n) is 2.70. The number of ether oxygens (including phenoxy) is 3. The quantitative estimate of drug-likeness (QED) is 0.637. The smallest absolute Gasteiger partial charge is 0.410 e. The third-order valence-electron chi connectivity index (χ3n) is 4.13. The summed E-state index contributed by atoms with van der Waals surface area (Å²) >= 11 is 0. The average Bonchev–Trinajstić information content (AvgIpc) is 2.64. The summed E-state index contributed by atoms with van der Waals surface area (Å²) in [6.07, 6.45) is -0.289. The van der Waals surface area contributed by atoms with Crippen LogP contribution in [0.5, 0.6) is 11.5 Å². The largest absolute Gasteiger partial charge is 0.493 e. The Morgan fingerprint density at radius 1 is 1.07 bits per heavy atom. The molecule has 0 aliphatic carbocycles. The second kappa shape index (κ2) is 8.83. The highest BCUT2D eigenvalue weighted by atomic mass is 16.6. The second-order valence-electron chi connectivity index (χ2n) is 7.32. The lowest BCUT2D eigenvalue weighted by atomic mass is 10.2.